The van der Waals surface area contributed by atoms with E-state index in [-0.39, 0.29) is 16.8 Å². The van der Waals surface area contributed by atoms with Gasteiger partial charge in [0.25, 0.3) is 0 Å². The SMILES string of the molecule is CC(C)C1CC2(CCN(S(=O)(=O)C(C)C)CC2)C1O. The van der Waals surface area contributed by atoms with E-state index in [1.165, 1.54) is 0 Å². The second-order valence-electron chi connectivity index (χ2n) is 6.91. The van der Waals surface area contributed by atoms with Gasteiger partial charge in [0.05, 0.1) is 11.4 Å². The lowest BCUT2D eigenvalue weighted by atomic mass is 9.53. The van der Waals surface area contributed by atoms with Gasteiger partial charge in [0.15, 0.2) is 0 Å². The number of nitrogens with zero attached hydrogens (tertiary/aromatic N) is 1. The highest BCUT2D eigenvalue weighted by molar-refractivity contribution is 7.89. The molecular formula is C14H27NO3S. The summed E-state index contributed by atoms with van der Waals surface area (Å²) in [7, 11) is -3.13. The van der Waals surface area contributed by atoms with Crippen molar-refractivity contribution in [2.45, 2.75) is 58.3 Å². The summed E-state index contributed by atoms with van der Waals surface area (Å²) in [6.45, 7) is 8.91. The van der Waals surface area contributed by atoms with Gasteiger partial charge in [0.1, 0.15) is 0 Å². The molecular weight excluding hydrogens is 262 g/mol. The van der Waals surface area contributed by atoms with Crippen LogP contribution in [0, 0.1) is 17.3 Å². The molecule has 4 nitrogen and oxygen atoms in total. The van der Waals surface area contributed by atoms with Crippen LogP contribution in [0.5, 0.6) is 0 Å². The quantitative estimate of drug-likeness (QED) is 0.862. The molecule has 1 saturated carbocycles. The number of piperidine rings is 1. The zero-order chi connectivity index (χ0) is 14.4. The smallest absolute Gasteiger partial charge is 0.216 e. The number of aliphatic hydroxyl groups is 1. The molecule has 5 heteroatoms. The van der Waals surface area contributed by atoms with Crippen molar-refractivity contribution in [2.75, 3.05) is 13.1 Å². The van der Waals surface area contributed by atoms with E-state index < -0.39 is 10.0 Å². The largest absolute Gasteiger partial charge is 0.392 e. The molecule has 2 unspecified atom stereocenters. The monoisotopic (exact) mass is 289 g/mol. The van der Waals surface area contributed by atoms with Crippen molar-refractivity contribution >= 4 is 10.0 Å². The third-order valence-corrected chi connectivity index (χ3v) is 7.48. The maximum atomic E-state index is 12.1. The van der Waals surface area contributed by atoms with Crippen LogP contribution in [0.15, 0.2) is 0 Å². The van der Waals surface area contributed by atoms with Crippen LogP contribution in [0.3, 0.4) is 0 Å². The predicted octanol–water partition coefficient (Wildman–Crippen LogP) is 1.84. The summed E-state index contributed by atoms with van der Waals surface area (Å²) in [4.78, 5) is 0. The lowest BCUT2D eigenvalue weighted by molar-refractivity contribution is -0.156. The van der Waals surface area contributed by atoms with Gasteiger partial charge in [-0.3, -0.25) is 0 Å². The van der Waals surface area contributed by atoms with E-state index in [4.69, 9.17) is 0 Å². The van der Waals surface area contributed by atoms with E-state index in [9.17, 15) is 13.5 Å². The van der Waals surface area contributed by atoms with Gasteiger partial charge >= 0.3 is 0 Å². The van der Waals surface area contributed by atoms with E-state index in [0.717, 1.165) is 19.3 Å². The zero-order valence-corrected chi connectivity index (χ0v) is 13.3. The minimum atomic E-state index is -3.13. The molecule has 112 valence electrons. The number of hydrogen-bond donors (Lipinski definition) is 1. The van der Waals surface area contributed by atoms with Gasteiger partial charge in [-0.1, -0.05) is 13.8 Å². The van der Waals surface area contributed by atoms with Crippen molar-refractivity contribution in [3.8, 4) is 0 Å². The Bertz CT molecular complexity index is 422. The first kappa shape index (κ1) is 15.3. The maximum absolute atomic E-state index is 12.1. The van der Waals surface area contributed by atoms with Crippen molar-refractivity contribution in [3.05, 3.63) is 0 Å². The van der Waals surface area contributed by atoms with E-state index in [1.807, 2.05) is 0 Å². The number of rotatable bonds is 3. The molecule has 1 aliphatic heterocycles. The molecule has 1 saturated heterocycles. The van der Waals surface area contributed by atoms with E-state index in [1.54, 1.807) is 18.2 Å². The normalized spacial score (nSPS) is 31.9. The minimum Gasteiger partial charge on any atom is -0.392 e. The van der Waals surface area contributed by atoms with E-state index in [0.29, 0.717) is 24.9 Å². The Balaban J connectivity index is 1.98. The molecule has 0 aromatic heterocycles. The summed E-state index contributed by atoms with van der Waals surface area (Å²) in [6, 6.07) is 0. The van der Waals surface area contributed by atoms with Gasteiger partial charge < -0.3 is 5.11 Å². The molecule has 0 aromatic carbocycles. The Kier molecular flexibility index (Phi) is 4.02. The average Bonchev–Trinajstić information content (AvgIpc) is 2.35. The number of sulfonamides is 1. The molecule has 0 aromatic rings. The summed E-state index contributed by atoms with van der Waals surface area (Å²) < 4.78 is 25.8. The molecule has 2 rings (SSSR count). The fraction of sp³-hybridized carbons (Fsp3) is 1.00. The lowest BCUT2D eigenvalue weighted by Gasteiger charge is -2.57. The summed E-state index contributed by atoms with van der Waals surface area (Å²) in [5.41, 5.74) is -0.00205. The van der Waals surface area contributed by atoms with Crippen LogP contribution < -0.4 is 0 Å². The van der Waals surface area contributed by atoms with Gasteiger partial charge in [-0.25, -0.2) is 12.7 Å². The van der Waals surface area contributed by atoms with Crippen molar-refractivity contribution < 1.29 is 13.5 Å². The second kappa shape index (κ2) is 5.01. The Morgan fingerprint density at radius 2 is 1.68 bits per heavy atom. The Hall–Kier alpha value is -0.130. The van der Waals surface area contributed by atoms with Gasteiger partial charge in [-0.05, 0) is 50.4 Å². The molecule has 1 aliphatic carbocycles. The van der Waals surface area contributed by atoms with Crippen LogP contribution in [-0.4, -0.2) is 42.3 Å². The van der Waals surface area contributed by atoms with Crippen LogP contribution in [0.25, 0.3) is 0 Å². The molecule has 1 spiro atoms. The van der Waals surface area contributed by atoms with E-state index in [2.05, 4.69) is 13.8 Å². The lowest BCUT2D eigenvalue weighted by Crippen LogP contribution is -2.59. The fourth-order valence-corrected chi connectivity index (χ4v) is 4.87. The summed E-state index contributed by atoms with van der Waals surface area (Å²) in [6.07, 6.45) is 2.44. The average molecular weight is 289 g/mol. The molecule has 0 bridgehead atoms. The maximum Gasteiger partial charge on any atom is 0.216 e. The van der Waals surface area contributed by atoms with Crippen LogP contribution in [0.2, 0.25) is 0 Å². The molecule has 1 heterocycles. The highest BCUT2D eigenvalue weighted by Gasteiger charge is 2.55. The van der Waals surface area contributed by atoms with Crippen molar-refractivity contribution in [1.82, 2.24) is 4.31 Å². The Morgan fingerprint density at radius 3 is 2.05 bits per heavy atom. The highest BCUT2D eigenvalue weighted by atomic mass is 32.2. The Labute approximate surface area is 117 Å². The summed E-state index contributed by atoms with van der Waals surface area (Å²) in [5.74, 6) is 0.909. The van der Waals surface area contributed by atoms with Crippen molar-refractivity contribution in [1.29, 1.82) is 0 Å². The molecule has 2 fully saturated rings. The van der Waals surface area contributed by atoms with Gasteiger partial charge in [-0.2, -0.15) is 0 Å². The predicted molar refractivity (Wildman–Crippen MR) is 76.2 cm³/mol. The van der Waals surface area contributed by atoms with E-state index >= 15 is 0 Å². The molecule has 1 N–H and O–H groups in total. The third-order valence-electron chi connectivity index (χ3n) is 5.21. The summed E-state index contributed by atoms with van der Waals surface area (Å²) >= 11 is 0. The van der Waals surface area contributed by atoms with Crippen LogP contribution in [0.1, 0.15) is 47.0 Å². The third kappa shape index (κ3) is 2.45. The van der Waals surface area contributed by atoms with Crippen LogP contribution in [-0.2, 0) is 10.0 Å². The first-order valence-electron chi connectivity index (χ1n) is 7.38. The Morgan fingerprint density at radius 1 is 1.16 bits per heavy atom. The van der Waals surface area contributed by atoms with Crippen LogP contribution in [0.4, 0.5) is 0 Å². The van der Waals surface area contributed by atoms with Crippen molar-refractivity contribution in [3.63, 3.8) is 0 Å². The number of aliphatic hydroxyl groups excluding tert-OH is 1. The summed E-state index contributed by atoms with van der Waals surface area (Å²) in [5, 5.41) is 10.0. The molecule has 0 amide bonds. The topological polar surface area (TPSA) is 57.6 Å². The number of hydrogen-bond acceptors (Lipinski definition) is 3. The molecule has 0 radical (unpaired) electrons. The minimum absolute atomic E-state index is 0.00205. The zero-order valence-electron chi connectivity index (χ0n) is 12.5. The van der Waals surface area contributed by atoms with Gasteiger partial charge in [-0.15, -0.1) is 0 Å². The molecule has 19 heavy (non-hydrogen) atoms. The first-order chi connectivity index (χ1) is 8.70. The first-order valence-corrected chi connectivity index (χ1v) is 8.88. The molecule has 2 atom stereocenters. The van der Waals surface area contributed by atoms with Gasteiger partial charge in [0.2, 0.25) is 10.0 Å². The van der Waals surface area contributed by atoms with Crippen LogP contribution >= 0.6 is 0 Å². The highest BCUT2D eigenvalue weighted by Crippen LogP contribution is 2.55. The van der Waals surface area contributed by atoms with Crippen molar-refractivity contribution in [2.24, 2.45) is 17.3 Å². The fourth-order valence-electron chi connectivity index (χ4n) is 3.58. The molecule has 2 aliphatic rings. The standard InChI is InChI=1S/C14H27NO3S/c1-10(2)12-9-14(13(12)16)5-7-15(8-6-14)19(17,18)11(3)4/h10-13,16H,5-9H2,1-4H3. The second-order valence-corrected chi connectivity index (χ2v) is 9.40. The van der Waals surface area contributed by atoms with Gasteiger partial charge in [0, 0.05) is 13.1 Å².